The minimum absolute atomic E-state index is 0.125. The molecular weight excluding hydrogens is 463 g/mol. The van der Waals surface area contributed by atoms with Crippen molar-refractivity contribution in [2.24, 2.45) is 0 Å². The van der Waals surface area contributed by atoms with Crippen LogP contribution in [-0.2, 0) is 4.79 Å². The first-order valence-corrected chi connectivity index (χ1v) is 9.80. The number of likely N-dealkylation sites (tertiary alicyclic amines) is 1. The van der Waals surface area contributed by atoms with Crippen molar-refractivity contribution in [3.63, 3.8) is 0 Å². The first-order chi connectivity index (χ1) is 16.0. The van der Waals surface area contributed by atoms with Gasteiger partial charge in [-0.05, 0) is 23.8 Å². The summed E-state index contributed by atoms with van der Waals surface area (Å²) in [6, 6.07) is 6.78. The van der Waals surface area contributed by atoms with Gasteiger partial charge in [-0.3, -0.25) is 14.6 Å². The maximum atomic E-state index is 13.5. The van der Waals surface area contributed by atoms with Gasteiger partial charge < -0.3 is 15.0 Å². The van der Waals surface area contributed by atoms with E-state index in [4.69, 9.17) is 5.26 Å². The third-order valence-electron chi connectivity index (χ3n) is 4.80. The molecule has 12 heteroatoms. The number of nitrogens with one attached hydrogen (secondary N) is 1. The predicted molar refractivity (Wildman–Crippen MR) is 109 cm³/mol. The number of hydrogen-bond donors (Lipinski definition) is 1. The molecule has 7 nitrogen and oxygen atoms in total. The zero-order valence-corrected chi connectivity index (χ0v) is 17.4. The van der Waals surface area contributed by atoms with Gasteiger partial charge in [-0.2, -0.15) is 5.26 Å². The molecule has 1 N–H and O–H groups in total. The molecule has 1 saturated heterocycles. The second-order valence-corrected chi connectivity index (χ2v) is 7.32. The Morgan fingerprint density at radius 2 is 1.94 bits per heavy atom. The molecule has 1 aliphatic heterocycles. The number of carbonyl (C=O) groups excluding carboxylic acids is 2. The summed E-state index contributed by atoms with van der Waals surface area (Å²) >= 11 is 0. The van der Waals surface area contributed by atoms with Crippen LogP contribution in [0.3, 0.4) is 0 Å². The lowest BCUT2D eigenvalue weighted by Gasteiger charge is -2.19. The Hall–Kier alpha value is -4.01. The monoisotopic (exact) mass is 480 g/mol. The Labute approximate surface area is 190 Å². The molecule has 0 unspecified atom stereocenters. The van der Waals surface area contributed by atoms with Crippen LogP contribution in [0.15, 0.2) is 42.7 Å². The van der Waals surface area contributed by atoms with E-state index in [9.17, 15) is 31.5 Å². The third-order valence-corrected chi connectivity index (χ3v) is 4.80. The molecule has 178 valence electrons. The summed E-state index contributed by atoms with van der Waals surface area (Å²) in [5.41, 5.74) is 0.975. The highest BCUT2D eigenvalue weighted by Gasteiger charge is 2.47. The topological polar surface area (TPSA) is 95.3 Å². The quantitative estimate of drug-likeness (QED) is 0.637. The first kappa shape index (κ1) is 24.6. The Kier molecular flexibility index (Phi) is 7.14. The number of rotatable bonds is 6. The Morgan fingerprint density at radius 3 is 2.59 bits per heavy atom. The zero-order valence-electron chi connectivity index (χ0n) is 17.4. The molecule has 2 heterocycles. The van der Waals surface area contributed by atoms with Gasteiger partial charge in [0.15, 0.2) is 0 Å². The number of benzene rings is 1. The summed E-state index contributed by atoms with van der Waals surface area (Å²) in [6.45, 7) is -1.48. The van der Waals surface area contributed by atoms with Gasteiger partial charge in [0.25, 0.3) is 11.8 Å². The fourth-order valence-electron chi connectivity index (χ4n) is 3.26. The smallest absolute Gasteiger partial charge is 0.406 e. The molecule has 1 atom stereocenters. The van der Waals surface area contributed by atoms with Crippen LogP contribution in [-0.4, -0.2) is 53.1 Å². The fourth-order valence-corrected chi connectivity index (χ4v) is 3.26. The Morgan fingerprint density at radius 1 is 1.24 bits per heavy atom. The van der Waals surface area contributed by atoms with Gasteiger partial charge in [-0.15, -0.1) is 13.2 Å². The molecule has 1 aromatic heterocycles. The Balaban J connectivity index is 1.65. The lowest BCUT2D eigenvalue weighted by molar-refractivity contribution is -0.274. The van der Waals surface area contributed by atoms with Gasteiger partial charge in [0, 0.05) is 29.9 Å². The number of amides is 2. The molecular formula is C22H17F5N4O3. The van der Waals surface area contributed by atoms with E-state index in [0.29, 0.717) is 11.1 Å². The fraction of sp³-hybridized carbons (Fsp3) is 0.273. The molecule has 0 aliphatic carbocycles. The number of alkyl halides is 5. The van der Waals surface area contributed by atoms with Crippen LogP contribution in [0.2, 0.25) is 0 Å². The van der Waals surface area contributed by atoms with E-state index in [-0.39, 0.29) is 11.3 Å². The van der Waals surface area contributed by atoms with Crippen LogP contribution >= 0.6 is 0 Å². The van der Waals surface area contributed by atoms with Crippen LogP contribution in [0.1, 0.15) is 27.9 Å². The molecule has 2 amide bonds. The molecule has 3 rings (SSSR count). The summed E-state index contributed by atoms with van der Waals surface area (Å²) < 4.78 is 67.6. The van der Waals surface area contributed by atoms with Crippen molar-refractivity contribution in [3.8, 4) is 11.8 Å². The first-order valence-electron chi connectivity index (χ1n) is 9.80. The maximum Gasteiger partial charge on any atom is 0.573 e. The van der Waals surface area contributed by atoms with Gasteiger partial charge in [0.2, 0.25) is 5.91 Å². The van der Waals surface area contributed by atoms with E-state index in [1.165, 1.54) is 42.7 Å². The molecule has 1 aromatic carbocycles. The minimum Gasteiger partial charge on any atom is -0.406 e. The van der Waals surface area contributed by atoms with Crippen molar-refractivity contribution in [1.82, 2.24) is 15.2 Å². The summed E-state index contributed by atoms with van der Waals surface area (Å²) in [4.78, 5) is 29.5. The minimum atomic E-state index is -4.80. The number of aromatic nitrogens is 1. The van der Waals surface area contributed by atoms with Crippen LogP contribution in [0.5, 0.6) is 5.75 Å². The van der Waals surface area contributed by atoms with Crippen LogP contribution in [0.4, 0.5) is 22.0 Å². The number of halogens is 5. The zero-order chi connectivity index (χ0) is 24.9. The predicted octanol–water partition coefficient (Wildman–Crippen LogP) is 3.64. The average Bonchev–Trinajstić information content (AvgIpc) is 3.10. The molecule has 2 aromatic rings. The van der Waals surface area contributed by atoms with E-state index in [1.807, 2.05) is 0 Å². The molecule has 0 spiro atoms. The largest absolute Gasteiger partial charge is 0.573 e. The summed E-state index contributed by atoms with van der Waals surface area (Å²) in [5, 5.41) is 11.3. The number of hydrogen-bond acceptors (Lipinski definition) is 5. The second kappa shape index (κ2) is 9.86. The van der Waals surface area contributed by atoms with Gasteiger partial charge in [0.1, 0.15) is 11.8 Å². The third kappa shape index (κ3) is 6.50. The summed E-state index contributed by atoms with van der Waals surface area (Å²) in [5.74, 6) is -5.04. The normalized spacial score (nSPS) is 17.4. The molecule has 34 heavy (non-hydrogen) atoms. The van der Waals surface area contributed by atoms with E-state index >= 15 is 0 Å². The van der Waals surface area contributed by atoms with Crippen LogP contribution < -0.4 is 10.1 Å². The lowest BCUT2D eigenvalue weighted by atomic mass is 10.1. The SMILES string of the molecule is N#C[C@@H]1CC(F)(F)CN1C(=O)CNC(=O)c1ccncc1/C=C/c1ccc(OC(F)(F)F)cc1. The van der Waals surface area contributed by atoms with Gasteiger partial charge >= 0.3 is 6.36 Å². The van der Waals surface area contributed by atoms with E-state index in [2.05, 4.69) is 15.0 Å². The maximum absolute atomic E-state index is 13.5. The highest BCUT2D eigenvalue weighted by molar-refractivity contribution is 6.00. The van der Waals surface area contributed by atoms with Gasteiger partial charge in [0.05, 0.1) is 19.2 Å². The number of ether oxygens (including phenoxy) is 1. The van der Waals surface area contributed by atoms with Crippen molar-refractivity contribution < 1.29 is 36.3 Å². The number of nitrogens with zero attached hydrogens (tertiary/aromatic N) is 3. The van der Waals surface area contributed by atoms with Gasteiger partial charge in [-0.1, -0.05) is 24.3 Å². The standard InChI is InChI=1S/C22H17F5N4O3/c23-21(24)9-16(10-28)31(13-21)19(32)12-30-20(33)18-7-8-29-11-15(18)4-1-14-2-5-17(6-3-14)34-22(25,26)27/h1-8,11,16H,9,12-13H2,(H,30,33)/b4-1+/t16-/m0/s1. The van der Waals surface area contributed by atoms with Crippen molar-refractivity contribution in [2.45, 2.75) is 24.7 Å². The molecule has 0 saturated carbocycles. The molecule has 0 bridgehead atoms. The van der Waals surface area contributed by atoms with Gasteiger partial charge in [-0.25, -0.2) is 8.78 Å². The van der Waals surface area contributed by atoms with E-state index in [0.717, 1.165) is 17.0 Å². The van der Waals surface area contributed by atoms with Crippen molar-refractivity contribution in [2.75, 3.05) is 13.1 Å². The second-order valence-electron chi connectivity index (χ2n) is 7.32. The van der Waals surface area contributed by atoms with Crippen LogP contribution in [0, 0.1) is 11.3 Å². The number of nitriles is 1. The summed E-state index contributed by atoms with van der Waals surface area (Å²) in [7, 11) is 0. The molecule has 0 radical (unpaired) electrons. The van der Waals surface area contributed by atoms with Crippen molar-refractivity contribution in [1.29, 1.82) is 5.26 Å². The highest BCUT2D eigenvalue weighted by Crippen LogP contribution is 2.31. The average molecular weight is 480 g/mol. The molecule has 1 fully saturated rings. The van der Waals surface area contributed by atoms with E-state index < -0.39 is 49.7 Å². The van der Waals surface area contributed by atoms with Crippen molar-refractivity contribution >= 4 is 24.0 Å². The lowest BCUT2D eigenvalue weighted by Crippen LogP contribution is -2.43. The number of carbonyl (C=O) groups is 2. The van der Waals surface area contributed by atoms with E-state index in [1.54, 1.807) is 6.07 Å². The Bertz CT molecular complexity index is 1130. The highest BCUT2D eigenvalue weighted by atomic mass is 19.4. The van der Waals surface area contributed by atoms with Crippen molar-refractivity contribution in [3.05, 3.63) is 59.4 Å². The van der Waals surface area contributed by atoms with Crippen LogP contribution in [0.25, 0.3) is 12.2 Å². The number of pyridine rings is 1. The molecule has 1 aliphatic rings. The summed E-state index contributed by atoms with van der Waals surface area (Å²) in [6.07, 6.45) is 0.162.